The summed E-state index contributed by atoms with van der Waals surface area (Å²) in [6.45, 7) is 1.16. The Morgan fingerprint density at radius 2 is 2.50 bits per heavy atom. The average Bonchev–Trinajstić information content (AvgIpc) is 1.76. The highest BCUT2D eigenvalue weighted by atomic mass is 32.2. The molecule has 0 radical (unpaired) electrons. The second kappa shape index (κ2) is 3.18. The van der Waals surface area contributed by atoms with E-state index in [-0.39, 0.29) is 5.48 Å². The van der Waals surface area contributed by atoms with E-state index in [4.69, 9.17) is 0 Å². The summed E-state index contributed by atoms with van der Waals surface area (Å²) in [7, 11) is 0. The van der Waals surface area contributed by atoms with Crippen LogP contribution in [0.4, 0.5) is 0 Å². The second-order valence-electron chi connectivity index (χ2n) is 0.943. The Kier molecular flexibility index (Phi) is 3.17. The Bertz CT molecular complexity index is 48.8. The van der Waals surface area contributed by atoms with Gasteiger partial charge in [-0.25, -0.2) is 4.99 Å². The van der Waals surface area contributed by atoms with Crippen molar-refractivity contribution in [1.82, 2.24) is 0 Å². The Morgan fingerprint density at radius 3 is 2.67 bits per heavy atom. The van der Waals surface area contributed by atoms with Gasteiger partial charge in [-0.1, -0.05) is 11.8 Å². The summed E-state index contributed by atoms with van der Waals surface area (Å²) in [5, 5.41) is 0. The van der Waals surface area contributed by atoms with Gasteiger partial charge < -0.3 is 5.48 Å². The van der Waals surface area contributed by atoms with Crippen LogP contribution in [0.5, 0.6) is 0 Å². The van der Waals surface area contributed by atoms with Gasteiger partial charge in [0.2, 0.25) is 0 Å². The first-order valence-corrected chi connectivity index (χ1v) is 2.72. The highest BCUT2D eigenvalue weighted by Gasteiger charge is 1.93. The standard InChI is InChI=1S/C3H5NS.H2O/c1-2-5-3-4-1;/h3H,1-2H2;1H2. The van der Waals surface area contributed by atoms with E-state index in [0.717, 1.165) is 6.54 Å². The number of thioether (sulfide) groups is 1. The minimum absolute atomic E-state index is 0. The normalized spacial score (nSPS) is 17.3. The van der Waals surface area contributed by atoms with Crippen molar-refractivity contribution in [2.45, 2.75) is 0 Å². The lowest BCUT2D eigenvalue weighted by molar-refractivity contribution is -0.439. The maximum atomic E-state index is 3.06. The molecule has 1 heterocycles. The maximum absolute atomic E-state index is 3.06. The Morgan fingerprint density at radius 1 is 1.67 bits per heavy atom. The first-order valence-electron chi connectivity index (χ1n) is 1.67. The highest BCUT2D eigenvalue weighted by Crippen LogP contribution is 1.88. The lowest BCUT2D eigenvalue weighted by atomic mass is 10.8. The number of nitrogens with one attached hydrogen (secondary N) is 1. The van der Waals surface area contributed by atoms with Crippen molar-refractivity contribution in [2.75, 3.05) is 12.3 Å². The summed E-state index contributed by atoms with van der Waals surface area (Å²) in [4.78, 5) is 3.06. The van der Waals surface area contributed by atoms with Gasteiger partial charge in [0.25, 0.3) is 0 Å². The van der Waals surface area contributed by atoms with Gasteiger partial charge in [0.1, 0.15) is 0 Å². The molecule has 0 saturated carbocycles. The van der Waals surface area contributed by atoms with Gasteiger partial charge in [-0.3, -0.25) is 0 Å². The molecule has 1 aliphatic heterocycles. The molecule has 0 spiro atoms. The van der Waals surface area contributed by atoms with Crippen LogP contribution in [0.15, 0.2) is 0 Å². The van der Waals surface area contributed by atoms with Crippen molar-refractivity contribution >= 4 is 17.3 Å². The molecule has 2 N–H and O–H groups in total. The molecule has 0 unspecified atom stereocenters. The molecule has 1 aliphatic rings. The molecule has 0 aliphatic carbocycles. The fourth-order valence-corrected chi connectivity index (χ4v) is 0.884. The zero-order valence-electron chi connectivity index (χ0n) is 3.35. The number of rotatable bonds is 0. The summed E-state index contributed by atoms with van der Waals surface area (Å²) < 4.78 is 0. The highest BCUT2D eigenvalue weighted by molar-refractivity contribution is 8.12. The van der Waals surface area contributed by atoms with E-state index in [9.17, 15) is 0 Å². The predicted molar refractivity (Wildman–Crippen MR) is 26.3 cm³/mol. The summed E-state index contributed by atoms with van der Waals surface area (Å²) in [6.07, 6.45) is 0. The molecule has 36 valence electrons. The van der Waals surface area contributed by atoms with Crippen LogP contribution < -0.4 is 4.99 Å². The molecule has 0 aromatic heterocycles. The van der Waals surface area contributed by atoms with E-state index < -0.39 is 0 Å². The lowest BCUT2D eigenvalue weighted by Crippen LogP contribution is -2.65. The molecule has 0 aromatic carbocycles. The van der Waals surface area contributed by atoms with Gasteiger partial charge in [-0.05, 0) is 0 Å². The van der Waals surface area contributed by atoms with E-state index in [1.165, 1.54) is 5.75 Å². The summed E-state index contributed by atoms with van der Waals surface area (Å²) in [5.41, 5.74) is 2.03. The predicted octanol–water partition coefficient (Wildman–Crippen LogP) is -1.33. The largest absolute Gasteiger partial charge is 0.870 e. The molecule has 0 atom stereocenters. The zero-order valence-corrected chi connectivity index (χ0v) is 4.16. The number of hydrogen-bond donors (Lipinski definition) is 1. The quantitative estimate of drug-likeness (QED) is 0.414. The van der Waals surface area contributed by atoms with Crippen molar-refractivity contribution < 1.29 is 10.5 Å². The van der Waals surface area contributed by atoms with E-state index >= 15 is 0 Å². The van der Waals surface area contributed by atoms with Crippen molar-refractivity contribution in [3.8, 4) is 0 Å². The first kappa shape index (κ1) is 5.98. The van der Waals surface area contributed by atoms with Gasteiger partial charge in [0.05, 0.1) is 5.75 Å². The van der Waals surface area contributed by atoms with E-state index in [2.05, 4.69) is 4.99 Å². The molecule has 6 heavy (non-hydrogen) atoms. The van der Waals surface area contributed by atoms with Gasteiger partial charge in [-0.15, -0.1) is 0 Å². The fraction of sp³-hybridized carbons (Fsp3) is 0.667. The Hall–Kier alpha value is -0.0200. The van der Waals surface area contributed by atoms with Gasteiger partial charge in [0.15, 0.2) is 12.1 Å². The van der Waals surface area contributed by atoms with Crippen LogP contribution in [0.1, 0.15) is 0 Å². The topological polar surface area (TPSA) is 44.0 Å². The molecule has 0 aromatic rings. The third-order valence-corrected chi connectivity index (χ3v) is 1.30. The van der Waals surface area contributed by atoms with Crippen molar-refractivity contribution in [2.24, 2.45) is 0 Å². The molecule has 1 rings (SSSR count). The molecule has 0 amide bonds. The molecule has 0 fully saturated rings. The minimum atomic E-state index is 0. The van der Waals surface area contributed by atoms with Crippen molar-refractivity contribution in [3.63, 3.8) is 0 Å². The van der Waals surface area contributed by atoms with Crippen molar-refractivity contribution in [1.29, 1.82) is 0 Å². The molecule has 3 heteroatoms. The third-order valence-electron chi connectivity index (χ3n) is 0.531. The summed E-state index contributed by atoms with van der Waals surface area (Å²) in [5.74, 6) is 1.25. The molecular weight excluding hydrogens is 98.1 g/mol. The minimum Gasteiger partial charge on any atom is -0.870 e. The summed E-state index contributed by atoms with van der Waals surface area (Å²) >= 11 is 1.84. The van der Waals surface area contributed by atoms with Gasteiger partial charge >= 0.3 is 0 Å². The van der Waals surface area contributed by atoms with Crippen LogP contribution in [-0.4, -0.2) is 23.3 Å². The maximum Gasteiger partial charge on any atom is 0.196 e. The summed E-state index contributed by atoms with van der Waals surface area (Å²) in [6, 6.07) is 0. The molecule has 2 nitrogen and oxygen atoms in total. The molecule has 0 bridgehead atoms. The van der Waals surface area contributed by atoms with E-state index in [0.29, 0.717) is 0 Å². The lowest BCUT2D eigenvalue weighted by Gasteiger charge is -1.60. The van der Waals surface area contributed by atoms with Crippen molar-refractivity contribution in [3.05, 3.63) is 0 Å². The fourth-order valence-electron chi connectivity index (χ4n) is 0.295. The van der Waals surface area contributed by atoms with Crippen LogP contribution >= 0.6 is 11.8 Å². The second-order valence-corrected chi connectivity index (χ2v) is 1.92. The van der Waals surface area contributed by atoms with Crippen LogP contribution in [0.2, 0.25) is 0 Å². The third kappa shape index (κ3) is 1.43. The Labute approximate surface area is 41.0 Å². The van der Waals surface area contributed by atoms with Crippen LogP contribution in [0, 0.1) is 0 Å². The van der Waals surface area contributed by atoms with Crippen LogP contribution in [0.25, 0.3) is 0 Å². The smallest absolute Gasteiger partial charge is 0.196 e. The Balaban J connectivity index is 0.000000250. The SMILES string of the molecule is C1=[NH+]CCS1.[OH-]. The van der Waals surface area contributed by atoms with Gasteiger partial charge in [-0.2, -0.15) is 0 Å². The average molecular weight is 105 g/mol. The van der Waals surface area contributed by atoms with E-state index in [1.807, 2.05) is 17.3 Å². The van der Waals surface area contributed by atoms with Gasteiger partial charge in [0, 0.05) is 0 Å². The number of hydrogen-bond acceptors (Lipinski definition) is 2. The monoisotopic (exact) mass is 105 g/mol. The first-order chi connectivity index (χ1) is 2.50. The van der Waals surface area contributed by atoms with Crippen LogP contribution in [-0.2, 0) is 0 Å². The van der Waals surface area contributed by atoms with E-state index in [1.54, 1.807) is 0 Å². The molecule has 0 saturated heterocycles. The van der Waals surface area contributed by atoms with Crippen LogP contribution in [0.3, 0.4) is 0 Å². The zero-order chi connectivity index (χ0) is 3.54. The molecular formula is C3H7NOS.